The maximum absolute atomic E-state index is 13.4. The molecule has 0 saturated heterocycles. The second-order valence-corrected chi connectivity index (χ2v) is 6.54. The van der Waals surface area contributed by atoms with Crippen LogP contribution >= 0.6 is 0 Å². The molecule has 0 atom stereocenters. The van der Waals surface area contributed by atoms with Gasteiger partial charge in [-0.15, -0.1) is 0 Å². The number of para-hydroxylation sites is 1. The molecule has 0 aliphatic heterocycles. The van der Waals surface area contributed by atoms with Crippen molar-refractivity contribution in [3.05, 3.63) is 102 Å². The first kappa shape index (κ1) is 20.3. The topological polar surface area (TPSA) is 58.6 Å². The molecule has 3 aromatic carbocycles. The first-order valence-corrected chi connectivity index (χ1v) is 9.47. The Morgan fingerprint density at radius 3 is 2.21 bits per heavy atom. The van der Waals surface area contributed by atoms with Gasteiger partial charge in [0.25, 0.3) is 11.8 Å². The van der Waals surface area contributed by atoms with Crippen molar-refractivity contribution < 1.29 is 14.3 Å². The number of hydrogen-bond donors (Lipinski definition) is 1. The van der Waals surface area contributed by atoms with E-state index in [9.17, 15) is 9.59 Å². The molecule has 0 bridgehead atoms. The van der Waals surface area contributed by atoms with Gasteiger partial charge in [0.2, 0.25) is 0 Å². The highest BCUT2D eigenvalue weighted by Gasteiger charge is 2.19. The van der Waals surface area contributed by atoms with Crippen molar-refractivity contribution in [3.8, 4) is 0 Å². The Morgan fingerprint density at radius 2 is 1.52 bits per heavy atom. The molecule has 0 aromatic heterocycles. The van der Waals surface area contributed by atoms with Crippen LogP contribution < -0.4 is 10.2 Å². The molecule has 0 saturated carbocycles. The number of carbonyl (C=O) groups excluding carboxylic acids is 2. The fourth-order valence-electron chi connectivity index (χ4n) is 2.97. The first-order valence-electron chi connectivity index (χ1n) is 9.47. The lowest BCUT2D eigenvalue weighted by Crippen LogP contribution is -2.31. The van der Waals surface area contributed by atoms with E-state index in [4.69, 9.17) is 4.74 Å². The van der Waals surface area contributed by atoms with Crippen LogP contribution in [0.2, 0.25) is 0 Å². The van der Waals surface area contributed by atoms with Gasteiger partial charge in [-0.25, -0.2) is 0 Å². The lowest BCUT2D eigenvalue weighted by molar-refractivity contribution is 0.0937. The Hall–Kier alpha value is -3.44. The summed E-state index contributed by atoms with van der Waals surface area (Å²) in [6.07, 6.45) is 0. The van der Waals surface area contributed by atoms with E-state index in [1.165, 1.54) is 0 Å². The van der Waals surface area contributed by atoms with Crippen LogP contribution in [0.15, 0.2) is 84.9 Å². The summed E-state index contributed by atoms with van der Waals surface area (Å²) < 4.78 is 4.95. The fraction of sp³-hybridized carbons (Fsp3) is 0.167. The molecule has 0 aliphatic carbocycles. The van der Waals surface area contributed by atoms with Gasteiger partial charge < -0.3 is 15.0 Å². The highest BCUT2D eigenvalue weighted by atomic mass is 16.5. The minimum atomic E-state index is -0.231. The number of amides is 2. The normalized spacial score (nSPS) is 10.4. The summed E-state index contributed by atoms with van der Waals surface area (Å²) in [4.78, 5) is 27.4. The molecule has 0 spiro atoms. The molecule has 3 rings (SSSR count). The number of nitrogens with one attached hydrogen (secondary N) is 1. The van der Waals surface area contributed by atoms with Crippen molar-refractivity contribution >= 4 is 17.5 Å². The molecule has 0 aliphatic rings. The number of hydrogen-bond acceptors (Lipinski definition) is 3. The van der Waals surface area contributed by atoms with Crippen LogP contribution in [0.4, 0.5) is 5.69 Å². The smallest absolute Gasteiger partial charge is 0.258 e. The second kappa shape index (κ2) is 10.2. The van der Waals surface area contributed by atoms with Crippen molar-refractivity contribution in [3.63, 3.8) is 0 Å². The third-order valence-electron chi connectivity index (χ3n) is 4.46. The van der Waals surface area contributed by atoms with Crippen LogP contribution in [0.3, 0.4) is 0 Å². The van der Waals surface area contributed by atoms with Gasteiger partial charge in [0.15, 0.2) is 0 Å². The quantitative estimate of drug-likeness (QED) is 0.595. The average Bonchev–Trinajstić information content (AvgIpc) is 2.78. The number of methoxy groups -OCH3 is 1. The summed E-state index contributed by atoms with van der Waals surface area (Å²) in [7, 11) is 1.58. The molecule has 148 valence electrons. The minimum Gasteiger partial charge on any atom is -0.383 e. The Morgan fingerprint density at radius 1 is 0.862 bits per heavy atom. The van der Waals surface area contributed by atoms with E-state index in [1.807, 2.05) is 60.7 Å². The van der Waals surface area contributed by atoms with Crippen LogP contribution in [-0.4, -0.2) is 32.1 Å². The standard InChI is InChI=1S/C24H24N2O3/c1-29-16-15-25-23(27)20-11-8-12-21(17-20)24(28)26(22-13-6-3-7-14-22)18-19-9-4-2-5-10-19/h2-14,17H,15-16,18H2,1H3,(H,25,27). The molecule has 29 heavy (non-hydrogen) atoms. The van der Waals surface area contributed by atoms with Gasteiger partial charge in [0.1, 0.15) is 0 Å². The van der Waals surface area contributed by atoms with Crippen molar-refractivity contribution in [1.29, 1.82) is 0 Å². The van der Waals surface area contributed by atoms with E-state index in [0.29, 0.717) is 30.8 Å². The van der Waals surface area contributed by atoms with Crippen molar-refractivity contribution in [2.45, 2.75) is 6.54 Å². The fourth-order valence-corrected chi connectivity index (χ4v) is 2.97. The molecule has 5 heteroatoms. The number of rotatable bonds is 8. The number of nitrogens with zero attached hydrogens (tertiary/aromatic N) is 1. The Bertz CT molecular complexity index is 943. The predicted octanol–water partition coefficient (Wildman–Crippen LogP) is 3.91. The largest absolute Gasteiger partial charge is 0.383 e. The molecular weight excluding hydrogens is 364 g/mol. The maximum atomic E-state index is 13.4. The minimum absolute atomic E-state index is 0.161. The van der Waals surface area contributed by atoms with E-state index >= 15 is 0 Å². The molecule has 1 N–H and O–H groups in total. The summed E-state index contributed by atoms with van der Waals surface area (Å²) in [5.41, 5.74) is 2.73. The van der Waals surface area contributed by atoms with E-state index < -0.39 is 0 Å². The van der Waals surface area contributed by atoms with Crippen LogP contribution in [0.5, 0.6) is 0 Å². The maximum Gasteiger partial charge on any atom is 0.258 e. The summed E-state index contributed by atoms with van der Waals surface area (Å²) in [5, 5.41) is 2.78. The second-order valence-electron chi connectivity index (χ2n) is 6.54. The lowest BCUT2D eigenvalue weighted by atomic mass is 10.1. The van der Waals surface area contributed by atoms with E-state index in [-0.39, 0.29) is 11.8 Å². The highest BCUT2D eigenvalue weighted by Crippen LogP contribution is 2.20. The predicted molar refractivity (Wildman–Crippen MR) is 114 cm³/mol. The van der Waals surface area contributed by atoms with Gasteiger partial charge in [-0.2, -0.15) is 0 Å². The number of carbonyl (C=O) groups is 2. The Labute approximate surface area is 170 Å². The van der Waals surface area contributed by atoms with Gasteiger partial charge in [0.05, 0.1) is 13.2 Å². The molecule has 5 nitrogen and oxygen atoms in total. The number of anilines is 1. The Kier molecular flexibility index (Phi) is 7.14. The van der Waals surface area contributed by atoms with Crippen molar-refractivity contribution in [1.82, 2.24) is 5.32 Å². The zero-order chi connectivity index (χ0) is 20.5. The molecule has 0 fully saturated rings. The number of ether oxygens (including phenoxy) is 1. The van der Waals surface area contributed by atoms with E-state index in [2.05, 4.69) is 5.32 Å². The van der Waals surface area contributed by atoms with Crippen LogP contribution in [-0.2, 0) is 11.3 Å². The van der Waals surface area contributed by atoms with Gasteiger partial charge in [0, 0.05) is 30.5 Å². The molecule has 0 unspecified atom stereocenters. The molecule has 2 amide bonds. The average molecular weight is 388 g/mol. The van der Waals surface area contributed by atoms with E-state index in [0.717, 1.165) is 11.3 Å². The third-order valence-corrected chi connectivity index (χ3v) is 4.46. The highest BCUT2D eigenvalue weighted by molar-refractivity contribution is 6.07. The van der Waals surface area contributed by atoms with Gasteiger partial charge in [-0.1, -0.05) is 54.6 Å². The van der Waals surface area contributed by atoms with Crippen LogP contribution in [0, 0.1) is 0 Å². The molecule has 0 heterocycles. The van der Waals surface area contributed by atoms with Gasteiger partial charge >= 0.3 is 0 Å². The van der Waals surface area contributed by atoms with Crippen LogP contribution in [0.25, 0.3) is 0 Å². The lowest BCUT2D eigenvalue weighted by Gasteiger charge is -2.23. The monoisotopic (exact) mass is 388 g/mol. The van der Waals surface area contributed by atoms with Gasteiger partial charge in [-0.05, 0) is 35.9 Å². The summed E-state index contributed by atoms with van der Waals surface area (Å²) in [6, 6.07) is 26.1. The van der Waals surface area contributed by atoms with Crippen molar-refractivity contribution in [2.75, 3.05) is 25.2 Å². The Balaban J connectivity index is 1.86. The third kappa shape index (κ3) is 5.53. The van der Waals surface area contributed by atoms with E-state index in [1.54, 1.807) is 36.3 Å². The molecular formula is C24H24N2O3. The van der Waals surface area contributed by atoms with Crippen LogP contribution in [0.1, 0.15) is 26.3 Å². The summed E-state index contributed by atoms with van der Waals surface area (Å²) in [5.74, 6) is -0.391. The summed E-state index contributed by atoms with van der Waals surface area (Å²) >= 11 is 0. The molecule has 0 radical (unpaired) electrons. The van der Waals surface area contributed by atoms with Gasteiger partial charge in [-0.3, -0.25) is 9.59 Å². The SMILES string of the molecule is COCCNC(=O)c1cccc(C(=O)N(Cc2ccccc2)c2ccccc2)c1. The van der Waals surface area contributed by atoms with Crippen molar-refractivity contribution in [2.24, 2.45) is 0 Å². The zero-order valence-corrected chi connectivity index (χ0v) is 16.4. The zero-order valence-electron chi connectivity index (χ0n) is 16.4. The molecule has 3 aromatic rings. The summed E-state index contributed by atoms with van der Waals surface area (Å²) in [6.45, 7) is 1.29. The number of benzene rings is 3. The first-order chi connectivity index (χ1) is 14.2.